The molecular formula is C17H25N3O. The molecule has 0 saturated heterocycles. The van der Waals surface area contributed by atoms with Gasteiger partial charge < -0.3 is 5.32 Å². The predicted octanol–water partition coefficient (Wildman–Crippen LogP) is 3.36. The summed E-state index contributed by atoms with van der Waals surface area (Å²) in [4.78, 5) is 13.0. The van der Waals surface area contributed by atoms with Crippen molar-refractivity contribution in [2.24, 2.45) is 29.2 Å². The first kappa shape index (κ1) is 13.4. The van der Waals surface area contributed by atoms with Gasteiger partial charge in [-0.2, -0.15) is 5.10 Å². The second kappa shape index (κ2) is 3.90. The van der Waals surface area contributed by atoms with Gasteiger partial charge >= 0.3 is 0 Å². The summed E-state index contributed by atoms with van der Waals surface area (Å²) in [7, 11) is 1.88. The molecule has 0 spiro atoms. The molecule has 1 amide bonds. The average molecular weight is 287 g/mol. The molecule has 1 N–H and O–H groups in total. The Morgan fingerprint density at radius 1 is 1.24 bits per heavy atom. The predicted molar refractivity (Wildman–Crippen MR) is 81.7 cm³/mol. The fraction of sp³-hybridized carbons (Fsp3) is 0.765. The van der Waals surface area contributed by atoms with Crippen molar-refractivity contribution < 1.29 is 4.79 Å². The summed E-state index contributed by atoms with van der Waals surface area (Å²) in [6.45, 7) is 4.80. The van der Waals surface area contributed by atoms with Gasteiger partial charge in [-0.3, -0.25) is 9.48 Å². The van der Waals surface area contributed by atoms with E-state index >= 15 is 0 Å². The molecule has 0 radical (unpaired) electrons. The zero-order valence-corrected chi connectivity index (χ0v) is 13.3. The van der Waals surface area contributed by atoms with E-state index in [4.69, 9.17) is 0 Å². The number of amides is 1. The van der Waals surface area contributed by atoms with Gasteiger partial charge in [0.25, 0.3) is 0 Å². The van der Waals surface area contributed by atoms with Crippen LogP contribution in [0.5, 0.6) is 0 Å². The van der Waals surface area contributed by atoms with E-state index in [0.29, 0.717) is 16.6 Å². The van der Waals surface area contributed by atoms with Crippen LogP contribution in [0.1, 0.15) is 52.4 Å². The molecule has 0 aromatic carbocycles. The second-order valence-electron chi connectivity index (χ2n) is 8.74. The van der Waals surface area contributed by atoms with Crippen molar-refractivity contribution in [2.45, 2.75) is 52.4 Å². The van der Waals surface area contributed by atoms with E-state index in [1.807, 2.05) is 19.3 Å². The van der Waals surface area contributed by atoms with Crippen molar-refractivity contribution in [3.8, 4) is 0 Å². The number of hydrogen-bond acceptors (Lipinski definition) is 2. The Morgan fingerprint density at radius 3 is 2.43 bits per heavy atom. The molecule has 0 aliphatic heterocycles. The summed E-state index contributed by atoms with van der Waals surface area (Å²) in [6.07, 6.45) is 9.02. The third-order valence-corrected chi connectivity index (χ3v) is 6.06. The van der Waals surface area contributed by atoms with Gasteiger partial charge in [-0.05, 0) is 55.3 Å². The van der Waals surface area contributed by atoms with Crippen LogP contribution >= 0.6 is 0 Å². The van der Waals surface area contributed by atoms with E-state index in [2.05, 4.69) is 24.3 Å². The SMILES string of the molecule is Cn1ccc(NC(=O)C23CC4C[C@@](C)(C2)C[C@](C)(C4)C3)n1. The number of carbonyl (C=O) groups excluding carboxylic acids is 1. The summed E-state index contributed by atoms with van der Waals surface area (Å²) in [6, 6.07) is 1.88. The molecule has 1 heterocycles. The van der Waals surface area contributed by atoms with Crippen LogP contribution in [-0.4, -0.2) is 15.7 Å². The number of aryl methyl sites for hydroxylation is 1. The monoisotopic (exact) mass is 287 g/mol. The van der Waals surface area contributed by atoms with E-state index in [9.17, 15) is 4.79 Å². The number of nitrogens with zero attached hydrogens (tertiary/aromatic N) is 2. The van der Waals surface area contributed by atoms with Crippen molar-refractivity contribution >= 4 is 11.7 Å². The van der Waals surface area contributed by atoms with Gasteiger partial charge in [0.05, 0.1) is 5.41 Å². The number of hydrogen-bond donors (Lipinski definition) is 1. The van der Waals surface area contributed by atoms with Crippen LogP contribution < -0.4 is 5.32 Å². The molecule has 4 nitrogen and oxygen atoms in total. The summed E-state index contributed by atoms with van der Waals surface area (Å²) in [5.41, 5.74) is 0.589. The fourth-order valence-electron chi connectivity index (χ4n) is 6.43. The largest absolute Gasteiger partial charge is 0.309 e. The minimum atomic E-state index is -0.152. The lowest BCUT2D eigenvalue weighted by atomic mass is 9.40. The van der Waals surface area contributed by atoms with Crippen LogP contribution in [0.15, 0.2) is 12.3 Å². The van der Waals surface area contributed by atoms with Crippen LogP contribution in [0.25, 0.3) is 0 Å². The Hall–Kier alpha value is -1.32. The summed E-state index contributed by atoms with van der Waals surface area (Å²) in [5.74, 6) is 1.64. The van der Waals surface area contributed by atoms with Gasteiger partial charge in [0.15, 0.2) is 5.82 Å². The number of rotatable bonds is 2. The highest BCUT2D eigenvalue weighted by Gasteiger charge is 2.62. The normalized spacial score (nSPS) is 44.0. The minimum Gasteiger partial charge on any atom is -0.309 e. The van der Waals surface area contributed by atoms with Gasteiger partial charge in [0.1, 0.15) is 0 Å². The average Bonchev–Trinajstić information content (AvgIpc) is 2.69. The maximum atomic E-state index is 13.0. The molecule has 4 saturated carbocycles. The van der Waals surface area contributed by atoms with E-state index in [0.717, 1.165) is 25.2 Å². The summed E-state index contributed by atoms with van der Waals surface area (Å²) < 4.78 is 1.73. The van der Waals surface area contributed by atoms with Crippen LogP contribution in [0.3, 0.4) is 0 Å². The fourth-order valence-corrected chi connectivity index (χ4v) is 6.43. The topological polar surface area (TPSA) is 46.9 Å². The molecule has 1 aromatic heterocycles. The lowest BCUT2D eigenvalue weighted by Gasteiger charge is -2.64. The molecule has 5 rings (SSSR count). The molecule has 2 unspecified atom stereocenters. The highest BCUT2D eigenvalue weighted by Crippen LogP contribution is 2.69. The van der Waals surface area contributed by atoms with Crippen molar-refractivity contribution in [3.05, 3.63) is 12.3 Å². The second-order valence-corrected chi connectivity index (χ2v) is 8.74. The molecule has 4 heteroatoms. The van der Waals surface area contributed by atoms with Crippen molar-refractivity contribution in [2.75, 3.05) is 5.32 Å². The van der Waals surface area contributed by atoms with Crippen LogP contribution in [0.2, 0.25) is 0 Å². The zero-order chi connectivity index (χ0) is 14.9. The number of carbonyl (C=O) groups is 1. The molecule has 114 valence electrons. The van der Waals surface area contributed by atoms with Gasteiger partial charge in [-0.25, -0.2) is 0 Å². The molecule has 4 fully saturated rings. The first-order valence-corrected chi connectivity index (χ1v) is 8.11. The highest BCUT2D eigenvalue weighted by molar-refractivity contribution is 5.95. The van der Waals surface area contributed by atoms with E-state index in [-0.39, 0.29) is 11.3 Å². The number of anilines is 1. The Kier molecular flexibility index (Phi) is 2.48. The van der Waals surface area contributed by atoms with Gasteiger partial charge in [0.2, 0.25) is 5.91 Å². The van der Waals surface area contributed by atoms with E-state index in [1.54, 1.807) is 4.68 Å². The van der Waals surface area contributed by atoms with Gasteiger partial charge in [-0.15, -0.1) is 0 Å². The summed E-state index contributed by atoms with van der Waals surface area (Å²) in [5, 5.41) is 7.38. The van der Waals surface area contributed by atoms with Crippen LogP contribution in [0, 0.1) is 22.2 Å². The van der Waals surface area contributed by atoms with Crippen molar-refractivity contribution in [3.63, 3.8) is 0 Å². The standard InChI is InChI=1S/C17H25N3O/c1-15-6-12-7-16(2,9-15)11-17(8-12,10-15)14(21)18-13-4-5-20(3)19-13/h4-5,12H,6-11H2,1-3H3,(H,18,19,21)/t12?,15-,16+,17?. The Morgan fingerprint density at radius 2 is 1.90 bits per heavy atom. The molecule has 4 aliphatic carbocycles. The molecule has 4 bridgehead atoms. The third kappa shape index (κ3) is 2.02. The van der Waals surface area contributed by atoms with E-state index < -0.39 is 0 Å². The van der Waals surface area contributed by atoms with Crippen molar-refractivity contribution in [1.82, 2.24) is 9.78 Å². The van der Waals surface area contributed by atoms with Crippen molar-refractivity contribution in [1.29, 1.82) is 0 Å². The Bertz CT molecular complexity index is 587. The van der Waals surface area contributed by atoms with E-state index in [1.165, 1.54) is 19.3 Å². The first-order chi connectivity index (χ1) is 9.80. The lowest BCUT2D eigenvalue weighted by molar-refractivity contribution is -0.165. The molecule has 4 aliphatic rings. The van der Waals surface area contributed by atoms with Gasteiger partial charge in [-0.1, -0.05) is 13.8 Å². The van der Waals surface area contributed by atoms with Crippen LogP contribution in [0.4, 0.5) is 5.82 Å². The van der Waals surface area contributed by atoms with Gasteiger partial charge in [0, 0.05) is 19.3 Å². The third-order valence-electron chi connectivity index (χ3n) is 6.06. The molecule has 4 atom stereocenters. The lowest BCUT2D eigenvalue weighted by Crippen LogP contribution is -2.58. The Labute approximate surface area is 126 Å². The summed E-state index contributed by atoms with van der Waals surface area (Å²) >= 11 is 0. The maximum absolute atomic E-state index is 13.0. The first-order valence-electron chi connectivity index (χ1n) is 8.11. The minimum absolute atomic E-state index is 0.152. The molecule has 1 aromatic rings. The number of aromatic nitrogens is 2. The smallest absolute Gasteiger partial charge is 0.231 e. The molecule has 21 heavy (non-hydrogen) atoms. The molecular weight excluding hydrogens is 262 g/mol. The highest BCUT2D eigenvalue weighted by atomic mass is 16.2. The zero-order valence-electron chi connectivity index (χ0n) is 13.3. The quantitative estimate of drug-likeness (QED) is 0.906. The Balaban J connectivity index is 1.63. The number of nitrogens with one attached hydrogen (secondary N) is 1. The van der Waals surface area contributed by atoms with Crippen LogP contribution in [-0.2, 0) is 11.8 Å². The maximum Gasteiger partial charge on any atom is 0.231 e.